The van der Waals surface area contributed by atoms with E-state index in [4.69, 9.17) is 17.0 Å². The summed E-state index contributed by atoms with van der Waals surface area (Å²) in [6.45, 7) is 2.76. The van der Waals surface area contributed by atoms with Crippen LogP contribution in [0.15, 0.2) is 24.2 Å². The number of hydrogen-bond acceptors (Lipinski definition) is 4. The zero-order chi connectivity index (χ0) is 13.0. The monoisotopic (exact) mass is 264 g/mol. The molecular formula is C13H17ClN4. The molecule has 1 aliphatic rings. The molecule has 96 valence electrons. The third-order valence-corrected chi connectivity index (χ3v) is 3.26. The number of rotatable bonds is 6. The molecule has 5 heteroatoms. The van der Waals surface area contributed by atoms with Gasteiger partial charge in [0.2, 0.25) is 0 Å². The van der Waals surface area contributed by atoms with E-state index in [0.29, 0.717) is 23.0 Å². The molecule has 0 aromatic carbocycles. The Hall–Kier alpha value is -1.42. The fraction of sp³-hybridized carbons (Fsp3) is 0.462. The van der Waals surface area contributed by atoms with Crippen LogP contribution in [0, 0.1) is 11.3 Å². The maximum absolute atomic E-state index is 7.77. The van der Waals surface area contributed by atoms with Crippen molar-refractivity contribution < 1.29 is 0 Å². The molecule has 1 aromatic heterocycles. The highest BCUT2D eigenvalue weighted by Crippen LogP contribution is 2.27. The van der Waals surface area contributed by atoms with Crippen molar-refractivity contribution in [2.24, 2.45) is 5.92 Å². The molecule has 2 N–H and O–H groups in total. The molecule has 0 amide bonds. The molecule has 0 spiro atoms. The van der Waals surface area contributed by atoms with E-state index < -0.39 is 0 Å². The van der Waals surface area contributed by atoms with Crippen LogP contribution in [0.3, 0.4) is 0 Å². The summed E-state index contributed by atoms with van der Waals surface area (Å²) >= 11 is 5.98. The Kier molecular flexibility index (Phi) is 4.31. The largest absolute Gasteiger partial charge is 0.390 e. The first-order chi connectivity index (χ1) is 8.66. The van der Waals surface area contributed by atoms with E-state index >= 15 is 0 Å². The Morgan fingerprint density at radius 1 is 1.50 bits per heavy atom. The number of hydrogen-bond donors (Lipinski definition) is 2. The summed E-state index contributed by atoms with van der Waals surface area (Å²) in [5.41, 5.74) is 2.14. The van der Waals surface area contributed by atoms with E-state index in [-0.39, 0.29) is 0 Å². The number of nitrogens with one attached hydrogen (secondary N) is 2. The first kappa shape index (κ1) is 13.0. The number of allylic oxidation sites excluding steroid dienone is 1. The van der Waals surface area contributed by atoms with Crippen LogP contribution in [-0.4, -0.2) is 22.2 Å². The second-order valence-corrected chi connectivity index (χ2v) is 4.97. The summed E-state index contributed by atoms with van der Waals surface area (Å²) in [5, 5.41) is 11.5. The lowest BCUT2D eigenvalue weighted by atomic mass is 10.1. The van der Waals surface area contributed by atoms with Gasteiger partial charge in [0.25, 0.3) is 0 Å². The van der Waals surface area contributed by atoms with Crippen molar-refractivity contribution in [1.82, 2.24) is 15.3 Å². The van der Waals surface area contributed by atoms with Gasteiger partial charge in [0, 0.05) is 37.3 Å². The van der Waals surface area contributed by atoms with Gasteiger partial charge in [0.15, 0.2) is 5.15 Å². The Balaban J connectivity index is 2.00. The first-order valence-electron chi connectivity index (χ1n) is 6.10. The SMILES string of the molecule is CC(=N)/C(=C\NCC1CC1)Cc1nccnc1Cl. The summed E-state index contributed by atoms with van der Waals surface area (Å²) in [6.07, 6.45) is 8.27. The highest BCUT2D eigenvalue weighted by atomic mass is 35.5. The number of halogens is 1. The van der Waals surface area contributed by atoms with E-state index in [1.165, 1.54) is 12.8 Å². The minimum Gasteiger partial charge on any atom is -0.390 e. The van der Waals surface area contributed by atoms with Crippen LogP contribution in [0.2, 0.25) is 5.15 Å². The minimum absolute atomic E-state index is 0.409. The van der Waals surface area contributed by atoms with Crippen molar-refractivity contribution in [3.05, 3.63) is 35.0 Å². The Bertz CT molecular complexity index is 466. The van der Waals surface area contributed by atoms with Gasteiger partial charge in [0.1, 0.15) is 0 Å². The van der Waals surface area contributed by atoms with Crippen LogP contribution in [0.25, 0.3) is 0 Å². The molecule has 4 nitrogen and oxygen atoms in total. The van der Waals surface area contributed by atoms with Crippen LogP contribution < -0.4 is 5.32 Å². The van der Waals surface area contributed by atoms with Gasteiger partial charge in [-0.05, 0) is 31.3 Å². The third kappa shape index (κ3) is 3.81. The molecule has 18 heavy (non-hydrogen) atoms. The van der Waals surface area contributed by atoms with Gasteiger partial charge in [-0.1, -0.05) is 11.6 Å². The van der Waals surface area contributed by atoms with E-state index in [0.717, 1.165) is 18.0 Å². The van der Waals surface area contributed by atoms with Crippen LogP contribution in [0.1, 0.15) is 25.5 Å². The average molecular weight is 265 g/mol. The summed E-state index contributed by atoms with van der Waals surface area (Å²) in [4.78, 5) is 8.19. The lowest BCUT2D eigenvalue weighted by Crippen LogP contribution is -2.13. The smallest absolute Gasteiger partial charge is 0.150 e. The molecule has 0 saturated heterocycles. The fourth-order valence-electron chi connectivity index (χ4n) is 1.61. The molecule has 1 saturated carbocycles. The van der Waals surface area contributed by atoms with Crippen molar-refractivity contribution in [3.63, 3.8) is 0 Å². The predicted molar refractivity (Wildman–Crippen MR) is 73.0 cm³/mol. The number of aromatic nitrogens is 2. The molecule has 1 aromatic rings. The van der Waals surface area contributed by atoms with Gasteiger partial charge in [-0.2, -0.15) is 0 Å². The van der Waals surface area contributed by atoms with Crippen molar-refractivity contribution in [1.29, 1.82) is 5.41 Å². The number of nitrogens with zero attached hydrogens (tertiary/aromatic N) is 2. The van der Waals surface area contributed by atoms with Gasteiger partial charge in [-0.25, -0.2) is 4.98 Å². The molecule has 0 atom stereocenters. The molecule has 0 bridgehead atoms. The highest BCUT2D eigenvalue weighted by Gasteiger charge is 2.20. The van der Waals surface area contributed by atoms with E-state index in [1.807, 2.05) is 6.20 Å². The van der Waals surface area contributed by atoms with Crippen LogP contribution in [0.4, 0.5) is 0 Å². The molecule has 0 radical (unpaired) electrons. The third-order valence-electron chi connectivity index (χ3n) is 2.94. The van der Waals surface area contributed by atoms with Gasteiger partial charge in [-0.3, -0.25) is 4.98 Å². The van der Waals surface area contributed by atoms with Gasteiger partial charge in [0.05, 0.1) is 5.69 Å². The predicted octanol–water partition coefficient (Wildman–Crippen LogP) is 2.60. The molecular weight excluding hydrogens is 248 g/mol. The van der Waals surface area contributed by atoms with Crippen molar-refractivity contribution in [2.45, 2.75) is 26.2 Å². The standard InChI is InChI=1S/C13H17ClN4/c1-9(15)11(8-16-7-10-2-3-10)6-12-13(14)18-5-4-17-12/h4-5,8,10,15-16H,2-3,6-7H2,1H3/b11-8-,15-9?. The Morgan fingerprint density at radius 2 is 2.22 bits per heavy atom. The minimum atomic E-state index is 0.409. The maximum atomic E-state index is 7.77. The van der Waals surface area contributed by atoms with Crippen LogP contribution >= 0.6 is 11.6 Å². The zero-order valence-electron chi connectivity index (χ0n) is 10.4. The van der Waals surface area contributed by atoms with E-state index in [1.54, 1.807) is 19.3 Å². The van der Waals surface area contributed by atoms with E-state index in [2.05, 4.69) is 15.3 Å². The van der Waals surface area contributed by atoms with Crippen LogP contribution in [0.5, 0.6) is 0 Å². The Morgan fingerprint density at radius 3 is 2.83 bits per heavy atom. The summed E-state index contributed by atoms with van der Waals surface area (Å²) in [5.74, 6) is 0.814. The molecule has 0 unspecified atom stereocenters. The second-order valence-electron chi connectivity index (χ2n) is 4.62. The fourth-order valence-corrected chi connectivity index (χ4v) is 1.78. The molecule has 1 fully saturated rings. The highest BCUT2D eigenvalue weighted by molar-refractivity contribution is 6.30. The quantitative estimate of drug-likeness (QED) is 0.777. The second kappa shape index (κ2) is 5.96. The van der Waals surface area contributed by atoms with Crippen molar-refractivity contribution in [2.75, 3.05) is 6.54 Å². The molecule has 1 aliphatic carbocycles. The van der Waals surface area contributed by atoms with Gasteiger partial charge in [-0.15, -0.1) is 0 Å². The molecule has 0 aliphatic heterocycles. The Labute approximate surface area is 112 Å². The average Bonchev–Trinajstić information content (AvgIpc) is 3.14. The van der Waals surface area contributed by atoms with Gasteiger partial charge < -0.3 is 10.7 Å². The van der Waals surface area contributed by atoms with Gasteiger partial charge >= 0.3 is 0 Å². The molecule has 1 heterocycles. The normalized spacial score (nSPS) is 15.6. The van der Waals surface area contributed by atoms with Crippen molar-refractivity contribution in [3.8, 4) is 0 Å². The van der Waals surface area contributed by atoms with E-state index in [9.17, 15) is 0 Å². The lowest BCUT2D eigenvalue weighted by molar-refractivity contribution is 0.743. The zero-order valence-corrected chi connectivity index (χ0v) is 11.2. The first-order valence-corrected chi connectivity index (χ1v) is 6.48. The maximum Gasteiger partial charge on any atom is 0.150 e. The topological polar surface area (TPSA) is 61.7 Å². The molecule has 2 rings (SSSR count). The summed E-state index contributed by atoms with van der Waals surface area (Å²) in [6, 6.07) is 0. The summed E-state index contributed by atoms with van der Waals surface area (Å²) < 4.78 is 0. The summed E-state index contributed by atoms with van der Waals surface area (Å²) in [7, 11) is 0. The van der Waals surface area contributed by atoms with Crippen molar-refractivity contribution >= 4 is 17.3 Å². The van der Waals surface area contributed by atoms with Crippen LogP contribution in [-0.2, 0) is 6.42 Å². The lowest BCUT2D eigenvalue weighted by Gasteiger charge is -2.07.